The van der Waals surface area contributed by atoms with E-state index in [0.29, 0.717) is 25.3 Å². The van der Waals surface area contributed by atoms with E-state index in [1.54, 1.807) is 13.3 Å². The summed E-state index contributed by atoms with van der Waals surface area (Å²) in [4.78, 5) is 5.96. The molecule has 3 rings (SSSR count). The summed E-state index contributed by atoms with van der Waals surface area (Å²) in [7, 11) is 0. The summed E-state index contributed by atoms with van der Waals surface area (Å²) in [6.45, 7) is 26.1. The molecule has 22 N–H and O–H groups in total. The van der Waals surface area contributed by atoms with Gasteiger partial charge in [-0.05, 0) is 118 Å². The summed E-state index contributed by atoms with van der Waals surface area (Å²) in [6.07, 6.45) is 14.2. The van der Waals surface area contributed by atoms with Crippen LogP contribution in [0, 0.1) is 5.41 Å². The van der Waals surface area contributed by atoms with Gasteiger partial charge >= 0.3 is 0 Å². The van der Waals surface area contributed by atoms with Crippen molar-refractivity contribution in [3.63, 3.8) is 0 Å². The molecule has 2 saturated heterocycles. The quantitative estimate of drug-likeness (QED) is 0.0477. The van der Waals surface area contributed by atoms with Crippen LogP contribution in [0.15, 0.2) is 12.5 Å². The van der Waals surface area contributed by atoms with Gasteiger partial charge in [-0.2, -0.15) is 0 Å². The number of morpholine rings is 1. The number of imidazole rings is 1. The van der Waals surface area contributed by atoms with Crippen LogP contribution in [0.1, 0.15) is 151 Å². The van der Waals surface area contributed by atoms with Crippen molar-refractivity contribution in [2.75, 3.05) is 65.6 Å². The molecule has 3 heterocycles. The molecule has 0 amide bonds. The van der Waals surface area contributed by atoms with Crippen LogP contribution in [0.4, 0.5) is 0 Å². The Balaban J connectivity index is -0.000000200. The summed E-state index contributed by atoms with van der Waals surface area (Å²) in [6, 6.07) is 0.822. The Morgan fingerprint density at radius 3 is 1.52 bits per heavy atom. The predicted molar refractivity (Wildman–Crippen MR) is 258 cm³/mol. The molecule has 0 aromatic carbocycles. The highest BCUT2D eigenvalue weighted by Gasteiger charge is 2.28. The Kier molecular flexibility index (Phi) is 62.8. The van der Waals surface area contributed by atoms with Gasteiger partial charge in [-0.25, -0.2) is 4.98 Å². The summed E-state index contributed by atoms with van der Waals surface area (Å²) in [5.74, 6) is 0.260. The molecule has 0 unspecified atom stereocenters. The number of aliphatic hydroxyl groups excluding tert-OH is 4. The monoisotopic (exact) mass is 882 g/mol. The van der Waals surface area contributed by atoms with Gasteiger partial charge in [0.2, 0.25) is 6.33 Å². The minimum Gasteiger partial charge on any atom is -0.390 e. The van der Waals surface area contributed by atoms with Gasteiger partial charge in [-0.1, -0.05) is 60.3 Å². The first-order valence-electron chi connectivity index (χ1n) is 23.5. The molecule has 1 aromatic rings. The summed E-state index contributed by atoms with van der Waals surface area (Å²) >= 11 is 0. The number of ether oxygens (including phenoxy) is 1. The average Bonchev–Trinajstić information content (AvgIpc) is 4.00. The van der Waals surface area contributed by atoms with Crippen molar-refractivity contribution in [3.05, 3.63) is 18.2 Å². The highest BCUT2D eigenvalue weighted by Crippen LogP contribution is 2.11. The maximum Gasteiger partial charge on any atom is 0.239 e. The normalized spacial score (nSPS) is 16.1. The minimum absolute atomic E-state index is 0.233. The van der Waals surface area contributed by atoms with E-state index in [4.69, 9.17) is 44.5 Å². The van der Waals surface area contributed by atoms with Crippen LogP contribution in [-0.4, -0.2) is 139 Å². The first kappa shape index (κ1) is 68.2. The molecule has 17 heteroatoms. The number of rotatable bonds is 21. The van der Waals surface area contributed by atoms with Gasteiger partial charge < -0.3 is 75.5 Å². The number of hydrogen-bond acceptors (Lipinski definition) is 14. The van der Waals surface area contributed by atoms with Crippen molar-refractivity contribution >= 4 is 5.84 Å². The van der Waals surface area contributed by atoms with Gasteiger partial charge in [0.1, 0.15) is 24.1 Å². The number of hydrogen-bond donors (Lipinski definition) is 15. The van der Waals surface area contributed by atoms with Gasteiger partial charge in [0.05, 0.1) is 31.3 Å². The van der Waals surface area contributed by atoms with Crippen LogP contribution < -0.4 is 55.3 Å². The molecule has 0 spiro atoms. The molecule has 61 heavy (non-hydrogen) atoms. The standard InChI is InChI=1S/C9H20O4.C6H11N3.C6H15N3.C6H16N2.C5H13N.C4H9NO.C4H9N.C4H11N/c1-3-5-7(11)9(13)8(12)6(10)4-2;1-5(7)2-6-3-8-4-9-6;1-5(7)3-2-4-6(8)9;1-6(8)4-2-3-5-7;1-2-3-4-5-6;1-3-6-4-2-5-1;1-2-4-5-3-1;1-3-5-4-2/h6-13H,3-5H2,1-2H3;3-5H,2,7H2,1H3,(H,8,9);5H,2-4,7H2,1H3,(H3,8,9);6H,2-5,7-8H2,1H3;2-6H2,1H3;5H,1-4H2;5H,1-4H2;5H,3-4H2,1-2H3/p+1/t6-,7+,8-,9-;2*5-;6-;;;;/m1111..../s1. The zero-order valence-corrected chi connectivity index (χ0v) is 40.5. The second-order valence-electron chi connectivity index (χ2n) is 15.5. The van der Waals surface area contributed by atoms with Crippen LogP contribution in [0.2, 0.25) is 0 Å². The summed E-state index contributed by atoms with van der Waals surface area (Å²) < 4.78 is 5.01. The number of nitrogens with two attached hydrogens (primary N) is 6. The van der Waals surface area contributed by atoms with E-state index in [2.05, 4.69) is 46.7 Å². The van der Waals surface area contributed by atoms with Crippen LogP contribution in [0.3, 0.4) is 0 Å². The Morgan fingerprint density at radius 2 is 1.23 bits per heavy atom. The predicted octanol–water partition coefficient (Wildman–Crippen LogP) is 1.99. The molecule has 17 nitrogen and oxygen atoms in total. The lowest BCUT2D eigenvalue weighted by molar-refractivity contribution is -0.376. The molecule has 2 aliphatic rings. The Bertz CT molecular complexity index is 888. The van der Waals surface area contributed by atoms with Crippen LogP contribution in [0.25, 0.3) is 0 Å². The molecular weight excluding hydrogens is 777 g/mol. The second kappa shape index (κ2) is 56.2. The van der Waals surface area contributed by atoms with Crippen LogP contribution >= 0.6 is 0 Å². The summed E-state index contributed by atoms with van der Waals surface area (Å²) in [5, 5.41) is 53.6. The topological polar surface area (TPSA) is 336 Å². The maximum atomic E-state index is 9.36. The zero-order chi connectivity index (χ0) is 47.5. The molecule has 2 fully saturated rings. The molecule has 370 valence electrons. The van der Waals surface area contributed by atoms with Crippen molar-refractivity contribution < 1.29 is 30.1 Å². The van der Waals surface area contributed by atoms with E-state index >= 15 is 0 Å². The molecule has 2 aliphatic heterocycles. The van der Waals surface area contributed by atoms with Gasteiger partial charge in [-0.15, -0.1) is 0 Å². The molecular formula is C44H105N12O5+. The number of aromatic nitrogens is 2. The first-order valence-corrected chi connectivity index (χ1v) is 23.5. The third-order valence-corrected chi connectivity index (χ3v) is 8.61. The minimum atomic E-state index is -1.26. The number of unbranched alkanes of at least 4 members (excludes halogenated alkanes) is 3. The van der Waals surface area contributed by atoms with Gasteiger partial charge in [0.15, 0.2) is 0 Å². The fourth-order valence-electron chi connectivity index (χ4n) is 4.96. The lowest BCUT2D eigenvalue weighted by Gasteiger charge is -2.25. The number of nitrogens with one attached hydrogen (secondary N) is 6. The number of aromatic amines is 2. The van der Waals surface area contributed by atoms with Gasteiger partial charge in [0, 0.05) is 44.1 Å². The van der Waals surface area contributed by atoms with Gasteiger partial charge in [-0.3, -0.25) is 10.4 Å². The second-order valence-corrected chi connectivity index (χ2v) is 15.5. The van der Waals surface area contributed by atoms with Crippen molar-refractivity contribution in [2.24, 2.45) is 34.4 Å². The van der Waals surface area contributed by atoms with E-state index in [0.717, 1.165) is 96.7 Å². The average molecular weight is 882 g/mol. The Labute approximate surface area is 374 Å². The molecule has 0 aliphatic carbocycles. The SMILES string of the molecule is C1CCNC1.C1COCCN1.CCCCCN.CCC[C@H](O)[C@@H](O)[C@H](O)[C@H](O)CC.CCNCC.C[C@@H](N)CCCC(=N)N.C[C@@H](N)CCCCN.C[C@@H](N)Cc1c[nH+]c[nH]1. The molecule has 0 bridgehead atoms. The largest absolute Gasteiger partial charge is 0.390 e. The smallest absolute Gasteiger partial charge is 0.239 e. The zero-order valence-electron chi connectivity index (χ0n) is 40.5. The lowest BCUT2D eigenvalue weighted by atomic mass is 9.99. The Morgan fingerprint density at radius 1 is 0.721 bits per heavy atom. The number of amidine groups is 1. The van der Waals surface area contributed by atoms with Gasteiger partial charge in [0.25, 0.3) is 0 Å². The number of H-pyrrole nitrogens is 2. The lowest BCUT2D eigenvalue weighted by Crippen LogP contribution is -2.44. The van der Waals surface area contributed by atoms with Crippen molar-refractivity contribution in [2.45, 2.75) is 194 Å². The third kappa shape index (κ3) is 64.9. The van der Waals surface area contributed by atoms with Crippen molar-refractivity contribution in [1.82, 2.24) is 20.9 Å². The van der Waals surface area contributed by atoms with Crippen LogP contribution in [0.5, 0.6) is 0 Å². The molecule has 7 atom stereocenters. The highest BCUT2D eigenvalue weighted by molar-refractivity contribution is 5.76. The molecule has 0 saturated carbocycles. The first-order chi connectivity index (χ1) is 29.1. The maximum absolute atomic E-state index is 9.36. The summed E-state index contributed by atoms with van der Waals surface area (Å²) in [5.41, 5.74) is 33.3. The van der Waals surface area contributed by atoms with E-state index < -0.39 is 24.4 Å². The number of aliphatic hydroxyl groups is 4. The van der Waals surface area contributed by atoms with Crippen molar-refractivity contribution in [3.8, 4) is 0 Å². The van der Waals surface area contributed by atoms with E-state index in [9.17, 15) is 20.4 Å². The van der Waals surface area contributed by atoms with E-state index in [1.165, 1.54) is 51.6 Å². The molecule has 1 aromatic heterocycles. The van der Waals surface area contributed by atoms with E-state index in [1.807, 2.05) is 33.9 Å². The van der Waals surface area contributed by atoms with E-state index in [-0.39, 0.29) is 17.9 Å². The Hall–Kier alpha value is -1.84. The fraction of sp³-hybridized carbons (Fsp3) is 0.909. The third-order valence-electron chi connectivity index (χ3n) is 8.61. The molecule has 0 radical (unpaired) electrons. The fourth-order valence-corrected chi connectivity index (χ4v) is 4.96. The van der Waals surface area contributed by atoms with Crippen LogP contribution in [-0.2, 0) is 11.2 Å². The highest BCUT2D eigenvalue weighted by atomic mass is 16.5. The van der Waals surface area contributed by atoms with Crippen molar-refractivity contribution in [1.29, 1.82) is 5.41 Å².